The molecule has 0 aromatic carbocycles. The highest BCUT2D eigenvalue weighted by Crippen LogP contribution is 2.28. The molecule has 1 N–H and O–H groups in total. The molecule has 1 heterocycles. The molecular formula is C7H13ClN2O. The first-order valence-electron chi connectivity index (χ1n) is 3.57. The number of carbonyl (C=O) groups excluding carboxylic acids is 1. The van der Waals surface area contributed by atoms with E-state index in [4.69, 9.17) is 11.8 Å². The van der Waals surface area contributed by atoms with E-state index in [0.29, 0.717) is 0 Å². The molecule has 0 bridgehead atoms. The molecule has 0 aliphatic carbocycles. The molecule has 3 nitrogen and oxygen atoms in total. The summed E-state index contributed by atoms with van der Waals surface area (Å²) in [5, 5.41) is 3.11. The molecule has 1 rings (SSSR count). The number of hydrogen-bond acceptors (Lipinski definition) is 2. The second kappa shape index (κ2) is 2.11. The Labute approximate surface area is 71.8 Å². The van der Waals surface area contributed by atoms with Gasteiger partial charge in [0.2, 0.25) is 0 Å². The first-order valence-corrected chi connectivity index (χ1v) is 3.91. The molecule has 1 amide bonds. The van der Waals surface area contributed by atoms with Crippen LogP contribution in [0.3, 0.4) is 0 Å². The van der Waals surface area contributed by atoms with Gasteiger partial charge in [0.1, 0.15) is 5.66 Å². The molecule has 0 unspecified atom stereocenters. The smallest absolute Gasteiger partial charge is 0.258 e. The maximum Gasteiger partial charge on any atom is 0.258 e. The second-order valence-electron chi connectivity index (χ2n) is 3.90. The fourth-order valence-corrected chi connectivity index (χ4v) is 1.62. The summed E-state index contributed by atoms with van der Waals surface area (Å²) in [5.41, 5.74) is -0.979. The van der Waals surface area contributed by atoms with E-state index in [1.54, 1.807) is 0 Å². The molecule has 4 heteroatoms. The van der Waals surface area contributed by atoms with Gasteiger partial charge in [-0.2, -0.15) is 0 Å². The minimum atomic E-state index is -0.536. The van der Waals surface area contributed by atoms with Gasteiger partial charge >= 0.3 is 0 Å². The maximum atomic E-state index is 11.4. The molecule has 0 aromatic rings. The van der Waals surface area contributed by atoms with Gasteiger partial charge in [0.15, 0.2) is 0 Å². The van der Waals surface area contributed by atoms with Crippen molar-refractivity contribution in [1.29, 1.82) is 0 Å². The van der Waals surface area contributed by atoms with Crippen molar-refractivity contribution in [3.63, 3.8) is 0 Å². The quantitative estimate of drug-likeness (QED) is 0.561. The highest BCUT2D eigenvalue weighted by molar-refractivity contribution is 6.23. The SMILES string of the molecule is CC1(C)NC(C)(C)N(Cl)C1=O. The van der Waals surface area contributed by atoms with E-state index in [0.717, 1.165) is 0 Å². The van der Waals surface area contributed by atoms with Crippen LogP contribution in [-0.4, -0.2) is 21.5 Å². The van der Waals surface area contributed by atoms with Gasteiger partial charge in [-0.1, -0.05) is 0 Å². The third kappa shape index (κ3) is 1.23. The van der Waals surface area contributed by atoms with Crippen LogP contribution in [0.1, 0.15) is 27.7 Å². The van der Waals surface area contributed by atoms with Crippen LogP contribution < -0.4 is 5.32 Å². The van der Waals surface area contributed by atoms with Gasteiger partial charge in [-0.15, -0.1) is 0 Å². The summed E-state index contributed by atoms with van der Waals surface area (Å²) in [5.74, 6) is -0.0795. The van der Waals surface area contributed by atoms with Gasteiger partial charge in [0.05, 0.1) is 5.54 Å². The highest BCUT2D eigenvalue weighted by Gasteiger charge is 2.48. The van der Waals surface area contributed by atoms with Crippen molar-refractivity contribution in [3.05, 3.63) is 0 Å². The summed E-state index contributed by atoms with van der Waals surface area (Å²) in [4.78, 5) is 11.4. The van der Waals surface area contributed by atoms with Crippen molar-refractivity contribution in [2.24, 2.45) is 0 Å². The van der Waals surface area contributed by atoms with Crippen molar-refractivity contribution in [2.45, 2.75) is 38.9 Å². The Morgan fingerprint density at radius 1 is 1.36 bits per heavy atom. The van der Waals surface area contributed by atoms with E-state index < -0.39 is 11.2 Å². The first-order chi connectivity index (χ1) is 4.77. The lowest BCUT2D eigenvalue weighted by Gasteiger charge is -2.24. The van der Waals surface area contributed by atoms with Crippen LogP contribution in [0.15, 0.2) is 0 Å². The molecule has 0 spiro atoms. The predicted octanol–water partition coefficient (Wildman–Crippen LogP) is 1.09. The van der Waals surface area contributed by atoms with E-state index in [9.17, 15) is 4.79 Å². The molecule has 0 radical (unpaired) electrons. The zero-order valence-corrected chi connectivity index (χ0v) is 7.99. The Morgan fingerprint density at radius 2 is 1.82 bits per heavy atom. The number of halogens is 1. The van der Waals surface area contributed by atoms with E-state index >= 15 is 0 Å². The van der Waals surface area contributed by atoms with Gasteiger partial charge < -0.3 is 0 Å². The zero-order valence-electron chi connectivity index (χ0n) is 7.23. The van der Waals surface area contributed by atoms with Crippen LogP contribution in [0, 0.1) is 0 Å². The molecule has 0 saturated carbocycles. The molecule has 1 saturated heterocycles. The summed E-state index contributed by atoms with van der Waals surface area (Å²) < 4.78 is 1.22. The maximum absolute atomic E-state index is 11.4. The van der Waals surface area contributed by atoms with Crippen LogP contribution in [-0.2, 0) is 4.79 Å². The minimum Gasteiger partial charge on any atom is -0.280 e. The fraction of sp³-hybridized carbons (Fsp3) is 0.857. The van der Waals surface area contributed by atoms with Gasteiger partial charge in [-0.3, -0.25) is 10.1 Å². The molecule has 64 valence electrons. The van der Waals surface area contributed by atoms with Crippen molar-refractivity contribution in [3.8, 4) is 0 Å². The lowest BCUT2D eigenvalue weighted by molar-refractivity contribution is -0.128. The second-order valence-corrected chi connectivity index (χ2v) is 4.23. The summed E-state index contributed by atoms with van der Waals surface area (Å²) in [6, 6.07) is 0. The van der Waals surface area contributed by atoms with E-state index in [1.807, 2.05) is 27.7 Å². The van der Waals surface area contributed by atoms with Crippen LogP contribution in [0.5, 0.6) is 0 Å². The van der Waals surface area contributed by atoms with Crippen LogP contribution in [0.4, 0.5) is 0 Å². The molecule has 1 aliphatic heterocycles. The summed E-state index contributed by atoms with van der Waals surface area (Å²) in [6.45, 7) is 7.37. The number of nitrogens with one attached hydrogen (secondary N) is 1. The molecular weight excluding hydrogens is 164 g/mol. The Balaban J connectivity index is 2.96. The number of nitrogens with zero attached hydrogens (tertiary/aromatic N) is 1. The molecule has 1 aliphatic rings. The molecule has 0 aromatic heterocycles. The Kier molecular flexibility index (Phi) is 1.69. The van der Waals surface area contributed by atoms with Gasteiger partial charge in [0, 0.05) is 11.8 Å². The van der Waals surface area contributed by atoms with Crippen molar-refractivity contribution >= 4 is 17.7 Å². The first kappa shape index (κ1) is 8.81. The topological polar surface area (TPSA) is 32.3 Å². The normalized spacial score (nSPS) is 27.7. The standard InChI is InChI=1S/C7H13ClN2O/c1-6(2)5(11)10(8)7(3,4)9-6/h9H,1-4H3. The van der Waals surface area contributed by atoms with Crippen molar-refractivity contribution in [1.82, 2.24) is 9.74 Å². The lowest BCUT2D eigenvalue weighted by Crippen LogP contribution is -2.46. The van der Waals surface area contributed by atoms with Gasteiger partial charge in [-0.05, 0) is 27.7 Å². The van der Waals surface area contributed by atoms with E-state index in [2.05, 4.69) is 5.32 Å². The van der Waals surface area contributed by atoms with Gasteiger partial charge in [0.25, 0.3) is 5.91 Å². The predicted molar refractivity (Wildman–Crippen MR) is 44.0 cm³/mol. The van der Waals surface area contributed by atoms with Gasteiger partial charge in [-0.25, -0.2) is 4.42 Å². The lowest BCUT2D eigenvalue weighted by atomic mass is 10.1. The highest BCUT2D eigenvalue weighted by atomic mass is 35.5. The zero-order chi connectivity index (χ0) is 8.86. The summed E-state index contributed by atoms with van der Waals surface area (Å²) >= 11 is 5.76. The van der Waals surface area contributed by atoms with Crippen LogP contribution >= 0.6 is 11.8 Å². The summed E-state index contributed by atoms with van der Waals surface area (Å²) in [6.07, 6.45) is 0. The fourth-order valence-electron chi connectivity index (χ4n) is 1.37. The number of amides is 1. The average Bonchev–Trinajstić information content (AvgIpc) is 1.91. The molecule has 1 fully saturated rings. The van der Waals surface area contributed by atoms with E-state index in [-0.39, 0.29) is 5.91 Å². The van der Waals surface area contributed by atoms with Crippen LogP contribution in [0.25, 0.3) is 0 Å². The van der Waals surface area contributed by atoms with E-state index in [1.165, 1.54) is 4.42 Å². The van der Waals surface area contributed by atoms with Crippen molar-refractivity contribution < 1.29 is 4.79 Å². The largest absolute Gasteiger partial charge is 0.280 e. The Bertz CT molecular complexity index is 201. The Hall–Kier alpha value is -0.280. The van der Waals surface area contributed by atoms with Crippen molar-refractivity contribution in [2.75, 3.05) is 0 Å². The molecule has 11 heavy (non-hydrogen) atoms. The van der Waals surface area contributed by atoms with Crippen LogP contribution in [0.2, 0.25) is 0 Å². The number of rotatable bonds is 0. The number of carbonyl (C=O) groups is 1. The third-order valence-corrected chi connectivity index (χ3v) is 2.40. The summed E-state index contributed by atoms with van der Waals surface area (Å²) in [7, 11) is 0. The molecule has 0 atom stereocenters. The monoisotopic (exact) mass is 176 g/mol. The number of hydrogen-bond donors (Lipinski definition) is 1. The Morgan fingerprint density at radius 3 is 1.91 bits per heavy atom. The third-order valence-electron chi connectivity index (χ3n) is 1.82. The minimum absolute atomic E-state index is 0.0795. The average molecular weight is 177 g/mol.